The highest BCUT2D eigenvalue weighted by molar-refractivity contribution is 6.30. The molecule has 0 heterocycles. The van der Waals surface area contributed by atoms with E-state index in [1.165, 1.54) is 0 Å². The molecule has 22 heavy (non-hydrogen) atoms. The lowest BCUT2D eigenvalue weighted by atomic mass is 9.96. The topological polar surface area (TPSA) is 72.3 Å². The molecule has 0 aromatic heterocycles. The van der Waals surface area contributed by atoms with Crippen LogP contribution in [0.2, 0.25) is 10.0 Å². The summed E-state index contributed by atoms with van der Waals surface area (Å²) in [5.74, 6) is -0.933. The van der Waals surface area contributed by atoms with Crippen molar-refractivity contribution in [3.8, 4) is 12.1 Å². The van der Waals surface area contributed by atoms with Crippen molar-refractivity contribution >= 4 is 28.9 Å². The molecule has 108 valence electrons. The van der Waals surface area contributed by atoms with Gasteiger partial charge in [-0.1, -0.05) is 35.3 Å². The van der Waals surface area contributed by atoms with E-state index in [0.717, 1.165) is 0 Å². The van der Waals surface area contributed by atoms with Crippen LogP contribution in [0.25, 0.3) is 0 Å². The molecule has 1 atom stereocenters. The van der Waals surface area contributed by atoms with E-state index in [2.05, 4.69) is 10.2 Å². The Kier molecular flexibility index (Phi) is 5.49. The first kappa shape index (κ1) is 16.0. The van der Waals surface area contributed by atoms with Crippen molar-refractivity contribution in [2.75, 3.05) is 0 Å². The summed E-state index contributed by atoms with van der Waals surface area (Å²) in [4.78, 5) is 0. The molecule has 2 aromatic carbocycles. The molecular formula is C16H10Cl2N4. The zero-order valence-corrected chi connectivity index (χ0v) is 12.8. The molecule has 0 saturated carbocycles. The Morgan fingerprint density at radius 1 is 0.818 bits per heavy atom. The molecule has 0 aliphatic heterocycles. The van der Waals surface area contributed by atoms with Crippen LogP contribution in [-0.4, -0.2) is 0 Å². The molecular weight excluding hydrogens is 319 g/mol. The summed E-state index contributed by atoms with van der Waals surface area (Å²) >= 11 is 11.7. The van der Waals surface area contributed by atoms with Crippen LogP contribution < -0.4 is 0 Å². The zero-order chi connectivity index (χ0) is 15.9. The van der Waals surface area contributed by atoms with E-state index in [-0.39, 0.29) is 0 Å². The van der Waals surface area contributed by atoms with Crippen molar-refractivity contribution in [3.63, 3.8) is 0 Å². The monoisotopic (exact) mass is 328 g/mol. The van der Waals surface area contributed by atoms with Gasteiger partial charge >= 0.3 is 0 Å². The second-order valence-corrected chi connectivity index (χ2v) is 5.30. The second-order valence-electron chi connectivity index (χ2n) is 4.42. The third kappa shape index (κ3) is 4.05. The number of rotatable bonds is 4. The molecule has 4 nitrogen and oxygen atoms in total. The number of halogens is 2. The molecule has 0 radical (unpaired) electrons. The van der Waals surface area contributed by atoms with Gasteiger partial charge in [0.2, 0.25) is 0 Å². The SMILES string of the molecule is N#CC(C#N)C(N=Nc1ccc(Cl)cc1)c1ccc(Cl)cc1. The summed E-state index contributed by atoms with van der Waals surface area (Å²) in [6.07, 6.45) is 0. The first-order chi connectivity index (χ1) is 10.6. The Bertz CT molecular complexity index is 726. The van der Waals surface area contributed by atoms with Gasteiger partial charge in [-0.3, -0.25) is 0 Å². The fourth-order valence-electron chi connectivity index (χ4n) is 1.79. The lowest BCUT2D eigenvalue weighted by molar-refractivity contribution is 0.612. The van der Waals surface area contributed by atoms with Gasteiger partial charge in [-0.2, -0.15) is 20.8 Å². The maximum absolute atomic E-state index is 9.13. The molecule has 0 spiro atoms. The predicted octanol–water partition coefficient (Wildman–Crippen LogP) is 5.48. The lowest BCUT2D eigenvalue weighted by Gasteiger charge is -2.12. The minimum absolute atomic E-state index is 0.572. The van der Waals surface area contributed by atoms with Crippen molar-refractivity contribution in [3.05, 3.63) is 64.1 Å². The highest BCUT2D eigenvalue weighted by atomic mass is 35.5. The first-order valence-electron chi connectivity index (χ1n) is 6.35. The normalized spacial score (nSPS) is 12.0. The molecule has 0 fully saturated rings. The molecule has 0 bridgehead atoms. The molecule has 2 aromatic rings. The van der Waals surface area contributed by atoms with Crippen LogP contribution in [0.4, 0.5) is 5.69 Å². The van der Waals surface area contributed by atoms with Crippen molar-refractivity contribution in [1.29, 1.82) is 10.5 Å². The molecule has 1 unspecified atom stereocenters. The predicted molar refractivity (Wildman–Crippen MR) is 84.9 cm³/mol. The second kappa shape index (κ2) is 7.56. The van der Waals surface area contributed by atoms with Gasteiger partial charge in [-0.05, 0) is 42.0 Å². The van der Waals surface area contributed by atoms with Crippen molar-refractivity contribution in [1.82, 2.24) is 0 Å². The minimum atomic E-state index is -0.933. The van der Waals surface area contributed by atoms with Gasteiger partial charge in [0.1, 0.15) is 6.04 Å². The number of azo groups is 1. The summed E-state index contributed by atoms with van der Waals surface area (Å²) in [7, 11) is 0. The molecule has 6 heteroatoms. The van der Waals surface area contributed by atoms with Crippen LogP contribution in [-0.2, 0) is 0 Å². The quantitative estimate of drug-likeness (QED) is 0.697. The van der Waals surface area contributed by atoms with E-state index in [0.29, 0.717) is 21.3 Å². The van der Waals surface area contributed by atoms with E-state index in [1.807, 2.05) is 12.1 Å². The van der Waals surface area contributed by atoms with Gasteiger partial charge in [0.15, 0.2) is 5.92 Å². The molecule has 0 aliphatic rings. The Balaban J connectivity index is 2.33. The Hall–Kier alpha value is -2.40. The van der Waals surface area contributed by atoms with E-state index in [9.17, 15) is 0 Å². The van der Waals surface area contributed by atoms with Gasteiger partial charge in [0.05, 0.1) is 17.8 Å². The van der Waals surface area contributed by atoms with Gasteiger partial charge in [0.25, 0.3) is 0 Å². The largest absolute Gasteiger partial charge is 0.197 e. The number of hydrogen-bond acceptors (Lipinski definition) is 4. The highest BCUT2D eigenvalue weighted by Gasteiger charge is 2.22. The number of nitriles is 2. The van der Waals surface area contributed by atoms with E-state index < -0.39 is 12.0 Å². The smallest absolute Gasteiger partial charge is 0.161 e. The number of hydrogen-bond donors (Lipinski definition) is 0. The van der Waals surface area contributed by atoms with E-state index >= 15 is 0 Å². The summed E-state index contributed by atoms with van der Waals surface area (Å²) in [5, 5.41) is 27.7. The molecule has 0 aliphatic carbocycles. The summed E-state index contributed by atoms with van der Waals surface area (Å²) in [5.41, 5.74) is 1.30. The lowest BCUT2D eigenvalue weighted by Crippen LogP contribution is -2.06. The van der Waals surface area contributed by atoms with Gasteiger partial charge < -0.3 is 0 Å². The zero-order valence-electron chi connectivity index (χ0n) is 11.3. The average Bonchev–Trinajstić information content (AvgIpc) is 2.54. The van der Waals surface area contributed by atoms with Crippen LogP contribution in [0.3, 0.4) is 0 Å². The molecule has 0 N–H and O–H groups in total. The summed E-state index contributed by atoms with van der Waals surface area (Å²) < 4.78 is 0. The Labute approximate surface area is 138 Å². The van der Waals surface area contributed by atoms with Crippen LogP contribution in [0.15, 0.2) is 58.8 Å². The summed E-state index contributed by atoms with van der Waals surface area (Å²) in [6.45, 7) is 0. The van der Waals surface area contributed by atoms with E-state index in [1.54, 1.807) is 48.5 Å². The van der Waals surface area contributed by atoms with Crippen molar-refractivity contribution < 1.29 is 0 Å². The Morgan fingerprint density at radius 2 is 1.32 bits per heavy atom. The maximum Gasteiger partial charge on any atom is 0.161 e. The van der Waals surface area contributed by atoms with Crippen LogP contribution in [0.1, 0.15) is 11.6 Å². The third-order valence-electron chi connectivity index (χ3n) is 2.93. The van der Waals surface area contributed by atoms with E-state index in [4.69, 9.17) is 33.7 Å². The summed E-state index contributed by atoms with van der Waals surface area (Å²) in [6, 6.07) is 16.8. The molecule has 2 rings (SSSR count). The van der Waals surface area contributed by atoms with Crippen molar-refractivity contribution in [2.45, 2.75) is 6.04 Å². The fraction of sp³-hybridized carbons (Fsp3) is 0.125. The standard InChI is InChI=1S/C16H10Cl2N4/c17-13-3-1-11(2-4-13)16(12(9-19)10-20)22-21-15-7-5-14(18)6-8-15/h1-8,12,16H. The van der Waals surface area contributed by atoms with Crippen molar-refractivity contribution in [2.24, 2.45) is 16.1 Å². The van der Waals surface area contributed by atoms with Gasteiger partial charge in [-0.15, -0.1) is 0 Å². The van der Waals surface area contributed by atoms with Crippen LogP contribution >= 0.6 is 23.2 Å². The van der Waals surface area contributed by atoms with Crippen LogP contribution in [0.5, 0.6) is 0 Å². The van der Waals surface area contributed by atoms with Gasteiger partial charge in [-0.25, -0.2) is 0 Å². The maximum atomic E-state index is 9.13. The molecule has 0 amide bonds. The third-order valence-corrected chi connectivity index (χ3v) is 3.43. The van der Waals surface area contributed by atoms with Gasteiger partial charge in [0, 0.05) is 10.0 Å². The highest BCUT2D eigenvalue weighted by Crippen LogP contribution is 2.29. The fourth-order valence-corrected chi connectivity index (χ4v) is 2.04. The number of nitrogens with zero attached hydrogens (tertiary/aromatic N) is 4. The average molecular weight is 329 g/mol. The first-order valence-corrected chi connectivity index (χ1v) is 7.11. The number of benzene rings is 2. The molecule has 0 saturated heterocycles. The Morgan fingerprint density at radius 3 is 1.82 bits per heavy atom. The van der Waals surface area contributed by atoms with Crippen LogP contribution in [0, 0.1) is 28.6 Å². The minimum Gasteiger partial charge on any atom is -0.197 e.